The van der Waals surface area contributed by atoms with E-state index in [4.69, 9.17) is 10.5 Å². The number of carboxylic acids is 1. The molecule has 0 saturated heterocycles. The average molecular weight is 356 g/mol. The summed E-state index contributed by atoms with van der Waals surface area (Å²) in [5.41, 5.74) is 6.98. The van der Waals surface area contributed by atoms with Crippen molar-refractivity contribution in [3.63, 3.8) is 0 Å². The van der Waals surface area contributed by atoms with Gasteiger partial charge in [0.25, 0.3) is 0 Å². The van der Waals surface area contributed by atoms with Gasteiger partial charge in [0.15, 0.2) is 0 Å². The molecule has 0 aliphatic heterocycles. The number of para-hydroxylation sites is 1. The molecule has 0 aromatic heterocycles. The Kier molecular flexibility index (Phi) is 6.87. The van der Waals surface area contributed by atoms with E-state index in [2.05, 4.69) is 5.32 Å². The molecule has 0 aliphatic carbocycles. The number of nitrogens with two attached hydrogens (primary N) is 1. The number of aliphatic carboxylic acids is 1. The van der Waals surface area contributed by atoms with E-state index in [9.17, 15) is 19.5 Å². The van der Waals surface area contributed by atoms with Crippen molar-refractivity contribution in [2.75, 3.05) is 5.32 Å². The van der Waals surface area contributed by atoms with E-state index in [-0.39, 0.29) is 13.0 Å². The molecule has 0 radical (unpaired) electrons. The van der Waals surface area contributed by atoms with Gasteiger partial charge in [0.1, 0.15) is 18.6 Å². The maximum atomic E-state index is 12.2. The van der Waals surface area contributed by atoms with Crippen LogP contribution in [0.2, 0.25) is 0 Å². The number of esters is 1. The van der Waals surface area contributed by atoms with E-state index in [1.807, 2.05) is 6.07 Å². The molecule has 2 aromatic carbocycles. The Morgan fingerprint density at radius 2 is 1.58 bits per heavy atom. The van der Waals surface area contributed by atoms with Gasteiger partial charge in [-0.2, -0.15) is 0 Å². The largest absolute Gasteiger partial charge is 0.481 e. The van der Waals surface area contributed by atoms with Gasteiger partial charge in [0.05, 0.1) is 0 Å². The number of carbonyl (C=O) groups is 3. The van der Waals surface area contributed by atoms with Crippen LogP contribution in [0.5, 0.6) is 0 Å². The standard InChI is InChI=1S/C19H20N2O5/c20-16(19(25)26-12-13-7-3-1-4-8-13)11-15(18(23)24)17(22)21-14-9-5-2-6-10-14/h1-10,15-16H,11-12,20H2,(H,21,22)(H,23,24)/t15?,16-/m0/s1. The van der Waals surface area contributed by atoms with Crippen LogP contribution in [0.15, 0.2) is 60.7 Å². The summed E-state index contributed by atoms with van der Waals surface area (Å²) in [4.78, 5) is 35.6. The quantitative estimate of drug-likeness (QED) is 0.490. The van der Waals surface area contributed by atoms with Gasteiger partial charge in [-0.3, -0.25) is 14.4 Å². The molecule has 2 atom stereocenters. The van der Waals surface area contributed by atoms with Crippen LogP contribution < -0.4 is 11.1 Å². The zero-order valence-corrected chi connectivity index (χ0v) is 14.0. The molecule has 0 fully saturated rings. The second kappa shape index (κ2) is 9.33. The minimum atomic E-state index is -1.46. The minimum absolute atomic E-state index is 0.0291. The molecule has 2 aromatic rings. The molecule has 136 valence electrons. The maximum absolute atomic E-state index is 12.2. The van der Waals surface area contributed by atoms with E-state index in [1.54, 1.807) is 54.6 Å². The number of hydrogen-bond donors (Lipinski definition) is 3. The third-order valence-corrected chi connectivity index (χ3v) is 3.67. The summed E-state index contributed by atoms with van der Waals surface area (Å²) >= 11 is 0. The summed E-state index contributed by atoms with van der Waals surface area (Å²) < 4.78 is 5.08. The predicted octanol–water partition coefficient (Wildman–Crippen LogP) is 1.79. The second-order valence-corrected chi connectivity index (χ2v) is 5.68. The number of carbonyl (C=O) groups excluding carboxylic acids is 2. The van der Waals surface area contributed by atoms with Crippen molar-refractivity contribution in [1.82, 2.24) is 0 Å². The summed E-state index contributed by atoms with van der Waals surface area (Å²) in [6.45, 7) is 0.0291. The molecule has 2 rings (SSSR count). The van der Waals surface area contributed by atoms with Gasteiger partial charge in [-0.15, -0.1) is 0 Å². The van der Waals surface area contributed by atoms with Crippen LogP contribution in [0.4, 0.5) is 5.69 Å². The molecule has 0 heterocycles. The Morgan fingerprint density at radius 3 is 2.15 bits per heavy atom. The highest BCUT2D eigenvalue weighted by molar-refractivity contribution is 6.04. The molecule has 7 heteroatoms. The van der Waals surface area contributed by atoms with E-state index in [1.165, 1.54) is 0 Å². The first kappa shape index (κ1) is 19.1. The van der Waals surface area contributed by atoms with Gasteiger partial charge in [0, 0.05) is 5.69 Å². The monoisotopic (exact) mass is 356 g/mol. The van der Waals surface area contributed by atoms with Gasteiger partial charge >= 0.3 is 11.9 Å². The molecule has 4 N–H and O–H groups in total. The summed E-state index contributed by atoms with van der Waals surface area (Å²) in [7, 11) is 0. The van der Waals surface area contributed by atoms with E-state index < -0.39 is 29.8 Å². The van der Waals surface area contributed by atoms with Crippen molar-refractivity contribution >= 4 is 23.5 Å². The highest BCUT2D eigenvalue weighted by atomic mass is 16.5. The number of amides is 1. The zero-order valence-electron chi connectivity index (χ0n) is 14.0. The van der Waals surface area contributed by atoms with Crippen LogP contribution >= 0.6 is 0 Å². The number of hydrogen-bond acceptors (Lipinski definition) is 5. The van der Waals surface area contributed by atoms with Gasteiger partial charge in [-0.05, 0) is 24.1 Å². The molecule has 0 spiro atoms. The van der Waals surface area contributed by atoms with Crippen molar-refractivity contribution < 1.29 is 24.2 Å². The van der Waals surface area contributed by atoms with Crippen molar-refractivity contribution in [3.8, 4) is 0 Å². The Hall–Kier alpha value is -3.19. The van der Waals surface area contributed by atoms with E-state index in [0.29, 0.717) is 5.69 Å². The van der Waals surface area contributed by atoms with Crippen LogP contribution in [-0.2, 0) is 25.7 Å². The number of carboxylic acid groups (broad SMARTS) is 1. The van der Waals surface area contributed by atoms with Crippen molar-refractivity contribution in [2.45, 2.75) is 19.1 Å². The molecule has 7 nitrogen and oxygen atoms in total. The lowest BCUT2D eigenvalue weighted by atomic mass is 9.99. The highest BCUT2D eigenvalue weighted by Crippen LogP contribution is 2.13. The third kappa shape index (κ3) is 5.71. The summed E-state index contributed by atoms with van der Waals surface area (Å²) in [6.07, 6.45) is -0.360. The first-order chi connectivity index (χ1) is 12.5. The van der Waals surface area contributed by atoms with Gasteiger partial charge < -0.3 is 20.9 Å². The summed E-state index contributed by atoms with van der Waals surface area (Å²) in [5, 5.41) is 11.8. The van der Waals surface area contributed by atoms with Gasteiger partial charge in [0.2, 0.25) is 5.91 Å². The first-order valence-electron chi connectivity index (χ1n) is 8.02. The van der Waals surface area contributed by atoms with Crippen molar-refractivity contribution in [3.05, 3.63) is 66.2 Å². The predicted molar refractivity (Wildman–Crippen MR) is 95.0 cm³/mol. The fourth-order valence-corrected chi connectivity index (χ4v) is 2.26. The lowest BCUT2D eigenvalue weighted by Gasteiger charge is -2.17. The van der Waals surface area contributed by atoms with Crippen LogP contribution in [0.25, 0.3) is 0 Å². The molecule has 0 bridgehead atoms. The molecule has 1 amide bonds. The Balaban J connectivity index is 1.92. The number of rotatable bonds is 8. The minimum Gasteiger partial charge on any atom is -0.481 e. The van der Waals surface area contributed by atoms with Crippen LogP contribution in [0.3, 0.4) is 0 Å². The Labute approximate surface area is 150 Å². The molecule has 1 unspecified atom stereocenters. The van der Waals surface area contributed by atoms with Crippen LogP contribution in [0, 0.1) is 5.92 Å². The molecule has 26 heavy (non-hydrogen) atoms. The highest BCUT2D eigenvalue weighted by Gasteiger charge is 2.31. The second-order valence-electron chi connectivity index (χ2n) is 5.68. The SMILES string of the molecule is N[C@@H](CC(C(=O)O)C(=O)Nc1ccccc1)C(=O)OCc1ccccc1. The number of ether oxygens (including phenoxy) is 1. The smallest absolute Gasteiger partial charge is 0.323 e. The number of benzene rings is 2. The topological polar surface area (TPSA) is 119 Å². The average Bonchev–Trinajstić information content (AvgIpc) is 2.65. The molecule has 0 saturated carbocycles. The summed E-state index contributed by atoms with van der Waals surface area (Å²) in [6, 6.07) is 16.2. The molecular formula is C19H20N2O5. The lowest BCUT2D eigenvalue weighted by molar-refractivity contribution is -0.149. The number of anilines is 1. The van der Waals surface area contributed by atoms with Crippen LogP contribution in [-0.4, -0.2) is 29.0 Å². The Bertz CT molecular complexity index is 749. The van der Waals surface area contributed by atoms with Gasteiger partial charge in [-0.1, -0.05) is 48.5 Å². The fraction of sp³-hybridized carbons (Fsp3) is 0.211. The normalized spacial score (nSPS) is 12.7. The zero-order chi connectivity index (χ0) is 18.9. The molecule has 0 aliphatic rings. The van der Waals surface area contributed by atoms with Crippen LogP contribution in [0.1, 0.15) is 12.0 Å². The van der Waals surface area contributed by atoms with E-state index in [0.717, 1.165) is 5.56 Å². The fourth-order valence-electron chi connectivity index (χ4n) is 2.26. The Morgan fingerprint density at radius 1 is 1.00 bits per heavy atom. The maximum Gasteiger partial charge on any atom is 0.323 e. The molecular weight excluding hydrogens is 336 g/mol. The first-order valence-corrected chi connectivity index (χ1v) is 8.02. The third-order valence-electron chi connectivity index (χ3n) is 3.67. The van der Waals surface area contributed by atoms with Crippen molar-refractivity contribution in [1.29, 1.82) is 0 Å². The summed E-state index contributed by atoms with van der Waals surface area (Å²) in [5.74, 6) is -4.32. The van der Waals surface area contributed by atoms with Crippen molar-refractivity contribution in [2.24, 2.45) is 11.7 Å². The lowest BCUT2D eigenvalue weighted by Crippen LogP contribution is -2.40. The van der Waals surface area contributed by atoms with E-state index >= 15 is 0 Å². The number of nitrogens with one attached hydrogen (secondary N) is 1. The van der Waals surface area contributed by atoms with Gasteiger partial charge in [-0.25, -0.2) is 0 Å².